The third kappa shape index (κ3) is 11.4. The van der Waals surface area contributed by atoms with Crippen LogP contribution in [0, 0.1) is 10.1 Å². The van der Waals surface area contributed by atoms with Crippen LogP contribution in [-0.4, -0.2) is 86.7 Å². The summed E-state index contributed by atoms with van der Waals surface area (Å²) < 4.78 is 28.9. The van der Waals surface area contributed by atoms with Gasteiger partial charge in [-0.2, -0.15) is 0 Å². The fourth-order valence-corrected chi connectivity index (χ4v) is 9.11. The fraction of sp³-hybridized carbons (Fsp3) is 0.295. The summed E-state index contributed by atoms with van der Waals surface area (Å²) in [5.41, 5.74) is 4.47. The molecule has 0 aromatic heterocycles. The minimum absolute atomic E-state index is 0.137. The molecule has 1 heterocycles. The molecule has 58 heavy (non-hydrogen) atoms. The van der Waals surface area contributed by atoms with Crippen molar-refractivity contribution in [3.8, 4) is 11.1 Å². The van der Waals surface area contributed by atoms with Gasteiger partial charge >= 0.3 is 0 Å². The number of thioether (sulfide) groups is 1. The Kier molecular flexibility index (Phi) is 14.8. The molecule has 11 nitrogen and oxygen atoms in total. The fourth-order valence-electron chi connectivity index (χ4n) is 7.00. The predicted molar refractivity (Wildman–Crippen MR) is 236 cm³/mol. The van der Waals surface area contributed by atoms with E-state index in [1.165, 1.54) is 23.3 Å². The number of benzene rings is 5. The molecule has 14 heteroatoms. The topological polar surface area (TPSA) is 128 Å². The van der Waals surface area contributed by atoms with Gasteiger partial charge in [0.05, 0.1) is 9.82 Å². The standard InChI is InChI=1S/C44H49ClN6O5S2/c1-3-48(4-2)25-24-37(32-57-39-11-6-5-7-12-39)46-42-23-22-40(30-43(42)51(53)54)58(55,56)47-44(52)34-16-20-38(21-17-34)50-28-26-49(27-29-50)31-35-10-8-9-13-41(35)33-14-18-36(45)19-15-33/h5-23,30,37,46H,3-4,24-29,31-32H2,1-2H3,(H,47,52)/t37-/m1/s1. The molecule has 0 spiro atoms. The van der Waals surface area contributed by atoms with E-state index in [0.29, 0.717) is 10.8 Å². The first-order valence-electron chi connectivity index (χ1n) is 19.5. The Hall–Kier alpha value is -4.92. The predicted octanol–water partition coefficient (Wildman–Crippen LogP) is 8.66. The molecule has 1 amide bonds. The molecule has 6 rings (SSSR count). The van der Waals surface area contributed by atoms with Crippen LogP contribution in [0.2, 0.25) is 5.02 Å². The average molecular weight is 842 g/mol. The number of nitrogens with zero attached hydrogens (tertiary/aromatic N) is 4. The number of amides is 1. The van der Waals surface area contributed by atoms with Gasteiger partial charge in [-0.15, -0.1) is 11.8 Å². The molecule has 0 aliphatic carbocycles. The summed E-state index contributed by atoms with van der Waals surface area (Å²) in [5, 5.41) is 16.3. The molecule has 0 saturated carbocycles. The molecular weight excluding hydrogens is 792 g/mol. The molecule has 1 saturated heterocycles. The maximum absolute atomic E-state index is 13.4. The van der Waals surface area contributed by atoms with Crippen LogP contribution in [0.5, 0.6) is 0 Å². The van der Waals surface area contributed by atoms with Gasteiger partial charge in [-0.1, -0.05) is 80.0 Å². The zero-order valence-corrected chi connectivity index (χ0v) is 35.1. The number of sulfonamides is 1. The summed E-state index contributed by atoms with van der Waals surface area (Å²) in [6, 6.07) is 36.6. The Labute approximate surface area is 350 Å². The quantitative estimate of drug-likeness (QED) is 0.0503. The molecule has 0 radical (unpaired) electrons. The number of hydrogen-bond acceptors (Lipinski definition) is 10. The van der Waals surface area contributed by atoms with Gasteiger partial charge in [0.1, 0.15) is 5.69 Å². The third-order valence-electron chi connectivity index (χ3n) is 10.4. The van der Waals surface area contributed by atoms with E-state index in [-0.39, 0.29) is 27.9 Å². The summed E-state index contributed by atoms with van der Waals surface area (Å²) in [7, 11) is -4.43. The number of carbonyl (C=O) groups is 1. The zero-order valence-electron chi connectivity index (χ0n) is 32.7. The highest BCUT2D eigenvalue weighted by atomic mass is 35.5. The average Bonchev–Trinajstić information content (AvgIpc) is 3.24. The largest absolute Gasteiger partial charge is 0.376 e. The van der Waals surface area contributed by atoms with Gasteiger partial charge < -0.3 is 15.1 Å². The number of piperazine rings is 1. The van der Waals surface area contributed by atoms with E-state index in [4.69, 9.17) is 11.6 Å². The lowest BCUT2D eigenvalue weighted by Crippen LogP contribution is -2.46. The SMILES string of the molecule is CCN(CC)CC[C@H](CSc1ccccc1)Nc1ccc(S(=O)(=O)NC(=O)c2ccc(N3CCN(Cc4ccccc4-c4ccc(Cl)cc4)CC3)cc2)cc1[N+](=O)[O-]. The Balaban J connectivity index is 1.06. The van der Waals surface area contributed by atoms with Crippen LogP contribution in [0.15, 0.2) is 131 Å². The van der Waals surface area contributed by atoms with Crippen molar-refractivity contribution in [2.24, 2.45) is 0 Å². The van der Waals surface area contributed by atoms with Crippen molar-refractivity contribution in [1.82, 2.24) is 14.5 Å². The van der Waals surface area contributed by atoms with Crippen LogP contribution in [0.4, 0.5) is 17.1 Å². The Morgan fingerprint density at radius 3 is 2.22 bits per heavy atom. The van der Waals surface area contributed by atoms with Crippen LogP contribution in [0.3, 0.4) is 0 Å². The number of halogens is 1. The summed E-state index contributed by atoms with van der Waals surface area (Å²) >= 11 is 7.77. The van der Waals surface area contributed by atoms with Gasteiger partial charge in [-0.05, 0) is 96.9 Å². The number of nitro benzene ring substituents is 1. The van der Waals surface area contributed by atoms with E-state index in [0.717, 1.165) is 81.0 Å². The van der Waals surface area contributed by atoms with E-state index < -0.39 is 20.9 Å². The second-order valence-corrected chi connectivity index (χ2v) is 17.3. The highest BCUT2D eigenvalue weighted by molar-refractivity contribution is 7.99. The van der Waals surface area contributed by atoms with Crippen LogP contribution in [-0.2, 0) is 16.6 Å². The monoisotopic (exact) mass is 840 g/mol. The number of hydrogen-bond donors (Lipinski definition) is 2. The Morgan fingerprint density at radius 1 is 0.879 bits per heavy atom. The lowest BCUT2D eigenvalue weighted by Gasteiger charge is -2.36. The van der Waals surface area contributed by atoms with Crippen LogP contribution in [0.1, 0.15) is 36.2 Å². The highest BCUT2D eigenvalue weighted by Gasteiger charge is 2.26. The minimum Gasteiger partial charge on any atom is -0.376 e. The summed E-state index contributed by atoms with van der Waals surface area (Å²) in [6.07, 6.45) is 0.727. The van der Waals surface area contributed by atoms with Crippen LogP contribution in [0.25, 0.3) is 11.1 Å². The summed E-state index contributed by atoms with van der Waals surface area (Å²) in [5.74, 6) is -0.177. The van der Waals surface area contributed by atoms with Gasteiger partial charge in [0.25, 0.3) is 21.6 Å². The molecule has 0 bridgehead atoms. The smallest absolute Gasteiger partial charge is 0.293 e. The van der Waals surface area contributed by atoms with E-state index in [1.807, 2.05) is 72.8 Å². The van der Waals surface area contributed by atoms with Crippen molar-refractivity contribution >= 4 is 56.4 Å². The van der Waals surface area contributed by atoms with Crippen molar-refractivity contribution < 1.29 is 18.1 Å². The first-order valence-corrected chi connectivity index (χ1v) is 22.3. The number of anilines is 2. The van der Waals surface area contributed by atoms with Crippen LogP contribution < -0.4 is 14.9 Å². The molecule has 0 unspecified atom stereocenters. The Morgan fingerprint density at radius 2 is 1.55 bits per heavy atom. The van der Waals surface area contributed by atoms with Gasteiger partial charge in [0, 0.05) is 78.3 Å². The minimum atomic E-state index is -4.43. The van der Waals surface area contributed by atoms with Crippen LogP contribution >= 0.6 is 23.4 Å². The summed E-state index contributed by atoms with van der Waals surface area (Å²) in [4.78, 5) is 32.5. The van der Waals surface area contributed by atoms with Gasteiger partial charge in [0.2, 0.25) is 0 Å². The van der Waals surface area contributed by atoms with E-state index in [2.05, 4.69) is 56.8 Å². The molecule has 1 atom stereocenters. The molecule has 5 aromatic carbocycles. The van der Waals surface area contributed by atoms with E-state index in [9.17, 15) is 23.3 Å². The number of carbonyl (C=O) groups excluding carboxylic acids is 1. The lowest BCUT2D eigenvalue weighted by atomic mass is 9.99. The maximum Gasteiger partial charge on any atom is 0.293 e. The number of nitro groups is 1. The molecule has 5 aromatic rings. The first-order chi connectivity index (χ1) is 28.0. The normalized spacial score (nSPS) is 14.0. The van der Waals surface area contributed by atoms with Crippen molar-refractivity contribution in [3.63, 3.8) is 0 Å². The molecule has 1 aliphatic heterocycles. The van der Waals surface area contributed by atoms with Gasteiger partial charge in [-0.3, -0.25) is 19.8 Å². The molecule has 2 N–H and O–H groups in total. The second-order valence-electron chi connectivity index (χ2n) is 14.1. The summed E-state index contributed by atoms with van der Waals surface area (Å²) in [6.45, 7) is 10.8. The van der Waals surface area contributed by atoms with Crippen molar-refractivity contribution in [2.45, 2.75) is 42.6 Å². The van der Waals surface area contributed by atoms with Crippen molar-refractivity contribution in [2.75, 3.05) is 61.8 Å². The van der Waals surface area contributed by atoms with Gasteiger partial charge in [-0.25, -0.2) is 13.1 Å². The lowest BCUT2D eigenvalue weighted by molar-refractivity contribution is -0.384. The maximum atomic E-state index is 13.4. The second kappa shape index (κ2) is 20.2. The van der Waals surface area contributed by atoms with Crippen molar-refractivity contribution in [1.29, 1.82) is 0 Å². The first kappa shape index (κ1) is 42.7. The highest BCUT2D eigenvalue weighted by Crippen LogP contribution is 2.31. The molecule has 1 aliphatic rings. The van der Waals surface area contributed by atoms with Gasteiger partial charge in [0.15, 0.2) is 0 Å². The number of rotatable bonds is 18. The Bertz CT molecular complexity index is 2250. The van der Waals surface area contributed by atoms with E-state index >= 15 is 0 Å². The molecule has 1 fully saturated rings. The molecular formula is C44H49ClN6O5S2. The van der Waals surface area contributed by atoms with E-state index in [1.54, 1.807) is 23.9 Å². The van der Waals surface area contributed by atoms with Crippen molar-refractivity contribution in [3.05, 3.63) is 148 Å². The third-order valence-corrected chi connectivity index (χ3v) is 13.1. The molecule has 304 valence electrons. The number of nitrogens with one attached hydrogen (secondary N) is 2. The zero-order chi connectivity index (χ0) is 41.1.